The number of rotatable bonds is 5. The molecule has 2 aliphatic rings. The summed E-state index contributed by atoms with van der Waals surface area (Å²) < 4.78 is 5.33. The van der Waals surface area contributed by atoms with Gasteiger partial charge in [0.2, 0.25) is 0 Å². The first-order chi connectivity index (χ1) is 11.3. The number of allylic oxidation sites excluding steroid dienone is 10. The van der Waals surface area contributed by atoms with E-state index in [9.17, 15) is 4.79 Å². The Labute approximate surface area is 154 Å². The first-order valence-electron chi connectivity index (χ1n) is 7.73. The molecule has 0 fully saturated rings. The number of ether oxygens (including phenoxy) is 1. The SMILES string of the molecule is CCOc1ccc(C(=O)/C=C/C2=CC[C-]=C2)cc1.[C-]1=CC=CC1.[Fe+2]. The summed E-state index contributed by atoms with van der Waals surface area (Å²) in [6.45, 7) is 2.56. The van der Waals surface area contributed by atoms with Gasteiger partial charge in [-0.3, -0.25) is 16.9 Å². The summed E-state index contributed by atoms with van der Waals surface area (Å²) in [6.07, 6.45) is 21.2. The van der Waals surface area contributed by atoms with Crippen LogP contribution in [-0.2, 0) is 17.1 Å². The topological polar surface area (TPSA) is 26.3 Å². The van der Waals surface area contributed by atoms with E-state index < -0.39 is 0 Å². The average Bonchev–Trinajstić information content (AvgIpc) is 3.29. The quantitative estimate of drug-likeness (QED) is 0.326. The van der Waals surface area contributed by atoms with Gasteiger partial charge in [0.1, 0.15) is 5.75 Å². The van der Waals surface area contributed by atoms with Crippen LogP contribution in [0.15, 0.2) is 72.4 Å². The molecule has 3 rings (SSSR count). The van der Waals surface area contributed by atoms with Crippen LogP contribution in [0.1, 0.15) is 30.1 Å². The second-order valence-corrected chi connectivity index (χ2v) is 4.91. The summed E-state index contributed by atoms with van der Waals surface area (Å²) in [5.74, 6) is 0.785. The van der Waals surface area contributed by atoms with Gasteiger partial charge in [-0.15, -0.1) is 18.9 Å². The predicted molar refractivity (Wildman–Crippen MR) is 93.2 cm³/mol. The Morgan fingerprint density at radius 2 is 2.00 bits per heavy atom. The Morgan fingerprint density at radius 3 is 2.50 bits per heavy atom. The van der Waals surface area contributed by atoms with Crippen LogP contribution in [0.3, 0.4) is 0 Å². The van der Waals surface area contributed by atoms with Crippen molar-refractivity contribution in [3.8, 4) is 5.75 Å². The van der Waals surface area contributed by atoms with E-state index in [1.54, 1.807) is 18.2 Å². The molecule has 0 amide bonds. The molecular formula is C21H20FeO2. The number of hydrogen-bond acceptors (Lipinski definition) is 2. The van der Waals surface area contributed by atoms with Gasteiger partial charge in [0, 0.05) is 5.56 Å². The summed E-state index contributed by atoms with van der Waals surface area (Å²) in [6, 6.07) is 7.19. The number of hydrogen-bond donors (Lipinski definition) is 0. The van der Waals surface area contributed by atoms with Crippen molar-refractivity contribution in [2.24, 2.45) is 0 Å². The van der Waals surface area contributed by atoms with Crippen LogP contribution in [0.5, 0.6) is 5.75 Å². The Kier molecular flexibility index (Phi) is 9.52. The largest absolute Gasteiger partial charge is 2.00 e. The van der Waals surface area contributed by atoms with Gasteiger partial charge in [-0.2, -0.15) is 17.7 Å². The van der Waals surface area contributed by atoms with Gasteiger partial charge in [-0.25, -0.2) is 18.2 Å². The number of benzene rings is 1. The Bertz CT molecular complexity index is 652. The van der Waals surface area contributed by atoms with E-state index in [1.165, 1.54) is 0 Å². The maximum atomic E-state index is 11.9. The van der Waals surface area contributed by atoms with Crippen molar-refractivity contribution >= 4 is 5.78 Å². The van der Waals surface area contributed by atoms with Gasteiger partial charge in [0.25, 0.3) is 0 Å². The molecule has 0 saturated carbocycles. The molecule has 0 N–H and O–H groups in total. The van der Waals surface area contributed by atoms with E-state index >= 15 is 0 Å². The molecule has 0 aliphatic heterocycles. The minimum absolute atomic E-state index is 0. The normalized spacial score (nSPS) is 14.1. The van der Waals surface area contributed by atoms with Crippen LogP contribution >= 0.6 is 0 Å². The van der Waals surface area contributed by atoms with Gasteiger partial charge in [0.15, 0.2) is 5.78 Å². The van der Waals surface area contributed by atoms with Crippen LogP contribution in [-0.4, -0.2) is 12.4 Å². The molecule has 0 heterocycles. The maximum Gasteiger partial charge on any atom is 2.00 e. The van der Waals surface area contributed by atoms with Crippen LogP contribution in [0.2, 0.25) is 0 Å². The van der Waals surface area contributed by atoms with Crippen molar-refractivity contribution in [2.45, 2.75) is 19.8 Å². The molecule has 0 spiro atoms. The van der Waals surface area contributed by atoms with E-state index in [2.05, 4.69) is 18.2 Å². The third-order valence-electron chi connectivity index (χ3n) is 3.19. The number of ketones is 1. The number of carbonyl (C=O) groups is 1. The van der Waals surface area contributed by atoms with Gasteiger partial charge < -0.3 is 4.74 Å². The van der Waals surface area contributed by atoms with Gasteiger partial charge >= 0.3 is 17.1 Å². The monoisotopic (exact) mass is 360 g/mol. The minimum atomic E-state index is -0.000696. The fraction of sp³-hybridized carbons (Fsp3) is 0.190. The molecule has 0 atom stereocenters. The van der Waals surface area contributed by atoms with Crippen molar-refractivity contribution in [3.63, 3.8) is 0 Å². The van der Waals surface area contributed by atoms with Crippen LogP contribution < -0.4 is 4.74 Å². The van der Waals surface area contributed by atoms with Crippen LogP contribution in [0.4, 0.5) is 0 Å². The van der Waals surface area contributed by atoms with Gasteiger partial charge in [-0.05, 0) is 37.3 Å². The fourth-order valence-electron chi connectivity index (χ4n) is 2.02. The maximum absolute atomic E-state index is 11.9. The summed E-state index contributed by atoms with van der Waals surface area (Å²) in [4.78, 5) is 11.9. The predicted octanol–water partition coefficient (Wildman–Crippen LogP) is 4.82. The third kappa shape index (κ3) is 6.99. The van der Waals surface area contributed by atoms with Crippen LogP contribution in [0.25, 0.3) is 0 Å². The molecule has 0 aromatic heterocycles. The molecule has 24 heavy (non-hydrogen) atoms. The van der Waals surface area contributed by atoms with E-state index in [0.29, 0.717) is 12.2 Å². The zero-order valence-corrected chi connectivity index (χ0v) is 14.7. The molecule has 1 aromatic carbocycles. The molecule has 0 radical (unpaired) electrons. The van der Waals surface area contributed by atoms with Crippen molar-refractivity contribution in [1.29, 1.82) is 0 Å². The van der Waals surface area contributed by atoms with Crippen molar-refractivity contribution in [3.05, 3.63) is 90.1 Å². The zero-order valence-electron chi connectivity index (χ0n) is 13.6. The molecule has 0 unspecified atom stereocenters. The first-order valence-corrected chi connectivity index (χ1v) is 7.73. The molecule has 2 nitrogen and oxygen atoms in total. The first kappa shape index (κ1) is 20.0. The molecule has 0 bridgehead atoms. The summed E-state index contributed by atoms with van der Waals surface area (Å²) in [5.41, 5.74) is 1.70. The Morgan fingerprint density at radius 1 is 1.21 bits per heavy atom. The number of carbonyl (C=O) groups excluding carboxylic acids is 1. The third-order valence-corrected chi connectivity index (χ3v) is 3.19. The Hall–Kier alpha value is -2.09. The molecule has 2 aliphatic carbocycles. The van der Waals surface area contributed by atoms with Gasteiger partial charge in [0.05, 0.1) is 6.61 Å². The molecular weight excluding hydrogens is 340 g/mol. The molecule has 0 saturated heterocycles. The smallest absolute Gasteiger partial charge is 0.494 e. The molecule has 124 valence electrons. The van der Waals surface area contributed by atoms with E-state index in [1.807, 2.05) is 49.4 Å². The van der Waals surface area contributed by atoms with E-state index in [0.717, 1.165) is 24.2 Å². The van der Waals surface area contributed by atoms with Crippen molar-refractivity contribution < 1.29 is 26.6 Å². The van der Waals surface area contributed by atoms with Crippen molar-refractivity contribution in [2.75, 3.05) is 6.61 Å². The minimum Gasteiger partial charge on any atom is -0.494 e. The fourth-order valence-corrected chi connectivity index (χ4v) is 2.02. The second kappa shape index (κ2) is 11.4. The molecule has 3 heteroatoms. The summed E-state index contributed by atoms with van der Waals surface area (Å²) in [7, 11) is 0. The van der Waals surface area contributed by atoms with Crippen LogP contribution in [0, 0.1) is 12.2 Å². The summed E-state index contributed by atoms with van der Waals surface area (Å²) in [5, 5.41) is 0. The summed E-state index contributed by atoms with van der Waals surface area (Å²) >= 11 is 0. The van der Waals surface area contributed by atoms with E-state index in [-0.39, 0.29) is 22.9 Å². The molecule has 1 aromatic rings. The van der Waals surface area contributed by atoms with Gasteiger partial charge in [-0.1, -0.05) is 0 Å². The Balaban J connectivity index is 0.000000412. The second-order valence-electron chi connectivity index (χ2n) is 4.91. The standard InChI is InChI=1S/C16H15O2.C5H5.Fe/c1-2-18-15-10-8-14(9-11-15)16(17)12-7-13-5-3-4-6-13;1-2-4-5-3-1;/h5-12H,2-3H2,1H3;1-3H,4H2;/q2*-1;+2/b12-7+;;. The van der Waals surface area contributed by atoms with E-state index in [4.69, 9.17) is 4.74 Å². The van der Waals surface area contributed by atoms with Crippen molar-refractivity contribution in [1.82, 2.24) is 0 Å². The zero-order chi connectivity index (χ0) is 16.3. The average molecular weight is 360 g/mol.